The molecule has 9 heteroatoms. The van der Waals surface area contributed by atoms with Crippen LogP contribution in [0.4, 0.5) is 26.3 Å². The maximum absolute atomic E-state index is 12.3. The van der Waals surface area contributed by atoms with E-state index in [0.717, 1.165) is 0 Å². The van der Waals surface area contributed by atoms with Gasteiger partial charge in [-0.3, -0.25) is 0 Å². The van der Waals surface area contributed by atoms with E-state index in [1.807, 2.05) is 0 Å². The minimum atomic E-state index is -4.92. The summed E-state index contributed by atoms with van der Waals surface area (Å²) in [7, 11) is -1.02. The van der Waals surface area contributed by atoms with Crippen molar-refractivity contribution >= 4 is 7.69 Å². The molecule has 1 rings (SSSR count). The molecule has 1 aromatic rings. The van der Waals surface area contributed by atoms with Gasteiger partial charge in [0.15, 0.2) is 0 Å². The Morgan fingerprint density at radius 2 is 1.29 bits per heavy atom. The number of hydrogen-bond acceptors (Lipinski definition) is 2. The van der Waals surface area contributed by atoms with Gasteiger partial charge >= 0.3 is 20.0 Å². The van der Waals surface area contributed by atoms with Crippen LogP contribution in [0.2, 0.25) is 0 Å². The van der Waals surface area contributed by atoms with Gasteiger partial charge in [0.2, 0.25) is 0 Å². The van der Waals surface area contributed by atoms with Crippen LogP contribution in [0.3, 0.4) is 0 Å². The van der Waals surface area contributed by atoms with Crippen LogP contribution in [0.25, 0.3) is 0 Å². The summed E-state index contributed by atoms with van der Waals surface area (Å²) in [5, 5.41) is 8.32. The molecule has 0 heterocycles. The molecular formula is C8H5BF6O2. The van der Waals surface area contributed by atoms with Crippen LogP contribution in [-0.2, 0) is 12.4 Å². The first-order valence-corrected chi connectivity index (χ1v) is 4.17. The minimum Gasteiger partial charge on any atom is -0.539 e. The van der Waals surface area contributed by atoms with E-state index >= 15 is 0 Å². The van der Waals surface area contributed by atoms with Crippen LogP contribution in [0.5, 0.6) is 5.75 Å². The Bertz CT molecular complexity index is 368. The summed E-state index contributed by atoms with van der Waals surface area (Å²) >= 11 is 0. The maximum atomic E-state index is 12.3. The molecule has 0 saturated carbocycles. The fourth-order valence-electron chi connectivity index (χ4n) is 1.08. The van der Waals surface area contributed by atoms with E-state index in [1.54, 1.807) is 0 Å². The normalized spacial score (nSPS) is 12.4. The lowest BCUT2D eigenvalue weighted by Crippen LogP contribution is -2.12. The van der Waals surface area contributed by atoms with Gasteiger partial charge in [0.25, 0.3) is 0 Å². The van der Waals surface area contributed by atoms with Crippen LogP contribution in [0, 0.1) is 0 Å². The average Bonchev–Trinajstić information content (AvgIpc) is 2.15. The molecular weight excluding hydrogens is 253 g/mol. The summed E-state index contributed by atoms with van der Waals surface area (Å²) < 4.78 is 78.0. The molecule has 0 amide bonds. The zero-order chi connectivity index (χ0) is 13.3. The molecule has 1 aromatic carbocycles. The topological polar surface area (TPSA) is 29.5 Å². The smallest absolute Gasteiger partial charge is 0.504 e. The Hall–Kier alpha value is -1.38. The van der Waals surface area contributed by atoms with Crippen LogP contribution >= 0.6 is 0 Å². The average molecular weight is 258 g/mol. The summed E-state index contributed by atoms with van der Waals surface area (Å²) in [5.41, 5.74) is -2.98. The van der Waals surface area contributed by atoms with E-state index in [4.69, 9.17) is 5.02 Å². The summed E-state index contributed by atoms with van der Waals surface area (Å²) in [5.74, 6) is -0.699. The van der Waals surface area contributed by atoms with E-state index < -0.39 is 36.9 Å². The molecule has 0 fully saturated rings. The molecule has 0 radical (unpaired) electrons. The van der Waals surface area contributed by atoms with Gasteiger partial charge in [-0.05, 0) is 18.2 Å². The van der Waals surface area contributed by atoms with Crippen molar-refractivity contribution in [3.63, 3.8) is 0 Å². The molecule has 0 bridgehead atoms. The highest BCUT2D eigenvalue weighted by atomic mass is 19.4. The maximum Gasteiger partial charge on any atom is 0.504 e. The van der Waals surface area contributed by atoms with Crippen LogP contribution in [0.1, 0.15) is 11.1 Å². The lowest BCUT2D eigenvalue weighted by atomic mass is 10.1. The second-order valence-electron chi connectivity index (χ2n) is 3.02. The van der Waals surface area contributed by atoms with E-state index in [0.29, 0.717) is 12.1 Å². The fourth-order valence-corrected chi connectivity index (χ4v) is 1.08. The quantitative estimate of drug-likeness (QED) is 0.651. The third-order valence-electron chi connectivity index (χ3n) is 1.79. The van der Waals surface area contributed by atoms with Gasteiger partial charge in [-0.1, -0.05) is 0 Å². The van der Waals surface area contributed by atoms with Gasteiger partial charge < -0.3 is 9.68 Å². The number of rotatable bonds is 2. The Labute approximate surface area is 92.1 Å². The molecule has 17 heavy (non-hydrogen) atoms. The zero-order valence-corrected chi connectivity index (χ0v) is 8.06. The molecule has 0 aliphatic heterocycles. The lowest BCUT2D eigenvalue weighted by Gasteiger charge is -2.13. The largest absolute Gasteiger partial charge is 0.539 e. The van der Waals surface area contributed by atoms with Crippen LogP contribution < -0.4 is 4.65 Å². The summed E-state index contributed by atoms with van der Waals surface area (Å²) in [4.78, 5) is 0. The van der Waals surface area contributed by atoms with Gasteiger partial charge in [0, 0.05) is 0 Å². The van der Waals surface area contributed by atoms with Crippen molar-refractivity contribution < 1.29 is 36.0 Å². The van der Waals surface area contributed by atoms with E-state index in [-0.39, 0.29) is 6.07 Å². The van der Waals surface area contributed by atoms with Crippen molar-refractivity contribution in [3.8, 4) is 5.75 Å². The minimum absolute atomic E-state index is 0.0236. The molecule has 0 saturated heterocycles. The predicted octanol–water partition coefficient (Wildman–Crippen LogP) is 2.36. The molecule has 94 valence electrons. The SMILES string of the molecule is OBOc1cc(C(F)(F)F)cc(C(F)(F)F)c1. The van der Waals surface area contributed by atoms with Crippen molar-refractivity contribution in [2.24, 2.45) is 0 Å². The number of alkyl halides is 6. The highest BCUT2D eigenvalue weighted by Crippen LogP contribution is 2.37. The lowest BCUT2D eigenvalue weighted by molar-refractivity contribution is -0.143. The highest BCUT2D eigenvalue weighted by molar-refractivity contribution is 6.17. The van der Waals surface area contributed by atoms with Crippen molar-refractivity contribution in [1.29, 1.82) is 0 Å². The second-order valence-corrected chi connectivity index (χ2v) is 3.02. The molecule has 0 atom stereocenters. The first-order valence-electron chi connectivity index (χ1n) is 4.17. The van der Waals surface area contributed by atoms with Gasteiger partial charge in [-0.25, -0.2) is 0 Å². The third-order valence-corrected chi connectivity index (χ3v) is 1.79. The highest BCUT2D eigenvalue weighted by Gasteiger charge is 2.37. The summed E-state index contributed by atoms with van der Waals surface area (Å²) in [6.45, 7) is 0. The molecule has 1 N–H and O–H groups in total. The Balaban J connectivity index is 3.29. The van der Waals surface area contributed by atoms with Crippen molar-refractivity contribution in [1.82, 2.24) is 0 Å². The second kappa shape index (κ2) is 4.48. The molecule has 0 aliphatic rings. The summed E-state index contributed by atoms with van der Waals surface area (Å²) in [6, 6.07) is 0.737. The van der Waals surface area contributed by atoms with Crippen LogP contribution in [-0.4, -0.2) is 12.7 Å². The summed E-state index contributed by atoms with van der Waals surface area (Å²) in [6.07, 6.45) is -9.84. The monoisotopic (exact) mass is 258 g/mol. The van der Waals surface area contributed by atoms with Gasteiger partial charge in [0.1, 0.15) is 5.75 Å². The molecule has 0 spiro atoms. The van der Waals surface area contributed by atoms with Gasteiger partial charge in [-0.15, -0.1) is 0 Å². The Morgan fingerprint density at radius 3 is 1.59 bits per heavy atom. The molecule has 0 unspecified atom stereocenters. The number of hydrogen-bond donors (Lipinski definition) is 1. The van der Waals surface area contributed by atoms with E-state index in [1.165, 1.54) is 0 Å². The zero-order valence-electron chi connectivity index (χ0n) is 8.06. The Kier molecular flexibility index (Phi) is 3.61. The number of benzene rings is 1. The van der Waals surface area contributed by atoms with Gasteiger partial charge in [0.05, 0.1) is 11.1 Å². The van der Waals surface area contributed by atoms with Crippen molar-refractivity contribution in [2.45, 2.75) is 12.4 Å². The van der Waals surface area contributed by atoms with Crippen molar-refractivity contribution in [2.75, 3.05) is 0 Å². The third kappa shape index (κ3) is 3.55. The standard InChI is InChI=1S/C8H5BF6O2/c10-7(11,12)4-1-5(8(13,14)15)3-6(2-4)17-9-16/h1-3,9,16H. The van der Waals surface area contributed by atoms with E-state index in [2.05, 4.69) is 4.65 Å². The van der Waals surface area contributed by atoms with Crippen LogP contribution in [0.15, 0.2) is 18.2 Å². The molecule has 0 aromatic heterocycles. The predicted molar refractivity (Wildman–Crippen MR) is 46.4 cm³/mol. The first kappa shape index (κ1) is 13.7. The number of halogens is 6. The Morgan fingerprint density at radius 1 is 0.882 bits per heavy atom. The molecule has 2 nitrogen and oxygen atoms in total. The van der Waals surface area contributed by atoms with E-state index in [9.17, 15) is 26.3 Å². The fraction of sp³-hybridized carbons (Fsp3) is 0.250. The van der Waals surface area contributed by atoms with Gasteiger partial charge in [-0.2, -0.15) is 26.3 Å². The van der Waals surface area contributed by atoms with Crippen molar-refractivity contribution in [3.05, 3.63) is 29.3 Å². The first-order chi connectivity index (χ1) is 7.64. The molecule has 0 aliphatic carbocycles.